The molecule has 2 aromatic carbocycles. The maximum atomic E-state index is 12.0. The Kier molecular flexibility index (Phi) is 6.81. The molecule has 0 bridgehead atoms. The molecule has 0 saturated heterocycles. The highest BCUT2D eigenvalue weighted by atomic mass is 32.2. The Bertz CT molecular complexity index is 1270. The number of rotatable bonds is 9. The van der Waals surface area contributed by atoms with Crippen molar-refractivity contribution in [2.45, 2.75) is 25.2 Å². The van der Waals surface area contributed by atoms with E-state index in [1.807, 2.05) is 41.0 Å². The van der Waals surface area contributed by atoms with Crippen LogP contribution in [0.3, 0.4) is 0 Å². The number of carbonyl (C=O) groups is 1. The van der Waals surface area contributed by atoms with Gasteiger partial charge in [-0.3, -0.25) is 14.2 Å². The molecule has 2 aromatic heterocycles. The summed E-state index contributed by atoms with van der Waals surface area (Å²) < 4.78 is 12.8. The number of fused-ring (bicyclic) bond motifs is 1. The van der Waals surface area contributed by atoms with Gasteiger partial charge in [-0.25, -0.2) is 5.10 Å². The van der Waals surface area contributed by atoms with Crippen molar-refractivity contribution in [3.8, 4) is 5.88 Å². The number of hydrogen-bond donors (Lipinski definition) is 1. The quantitative estimate of drug-likeness (QED) is 0.305. The molecule has 0 radical (unpaired) electrons. The van der Waals surface area contributed by atoms with Crippen LogP contribution in [0.2, 0.25) is 0 Å². The van der Waals surface area contributed by atoms with Crippen LogP contribution < -0.4 is 10.3 Å². The number of aromatic nitrogens is 5. The first kappa shape index (κ1) is 21.6. The van der Waals surface area contributed by atoms with Crippen LogP contribution in [0.5, 0.6) is 5.88 Å². The minimum Gasteiger partial charge on any atom is -0.468 e. The van der Waals surface area contributed by atoms with E-state index in [0.717, 1.165) is 5.56 Å². The van der Waals surface area contributed by atoms with Crippen molar-refractivity contribution in [1.82, 2.24) is 25.0 Å². The van der Waals surface area contributed by atoms with Crippen LogP contribution in [-0.2, 0) is 22.7 Å². The van der Waals surface area contributed by atoms with E-state index in [0.29, 0.717) is 40.8 Å². The van der Waals surface area contributed by atoms with Gasteiger partial charge in [0.1, 0.15) is 6.61 Å². The highest BCUT2D eigenvalue weighted by Gasteiger charge is 2.17. The summed E-state index contributed by atoms with van der Waals surface area (Å²) in [5.41, 5.74) is 0.775. The SMILES string of the molecule is CCOC(=O)CSc1nnc(COc2n[nH]c(=O)c3ccccc23)n1Cc1ccccc1. The molecule has 4 aromatic rings. The van der Waals surface area contributed by atoms with Crippen LogP contribution in [0.15, 0.2) is 64.5 Å². The van der Waals surface area contributed by atoms with Gasteiger partial charge in [0.2, 0.25) is 5.88 Å². The summed E-state index contributed by atoms with van der Waals surface area (Å²) in [7, 11) is 0. The second-order valence-electron chi connectivity index (χ2n) is 6.76. The Balaban J connectivity index is 1.58. The second kappa shape index (κ2) is 10.1. The molecule has 0 fully saturated rings. The molecule has 0 amide bonds. The number of hydrogen-bond acceptors (Lipinski definition) is 8. The Morgan fingerprint density at radius 2 is 1.81 bits per heavy atom. The van der Waals surface area contributed by atoms with Crippen LogP contribution in [0.25, 0.3) is 10.8 Å². The number of nitrogens with zero attached hydrogens (tertiary/aromatic N) is 4. The zero-order valence-electron chi connectivity index (χ0n) is 17.4. The minimum atomic E-state index is -0.312. The zero-order valence-corrected chi connectivity index (χ0v) is 18.2. The van der Waals surface area contributed by atoms with E-state index in [1.165, 1.54) is 11.8 Å². The lowest BCUT2D eigenvalue weighted by atomic mass is 10.2. The number of thioether (sulfide) groups is 1. The van der Waals surface area contributed by atoms with Crippen LogP contribution in [0.1, 0.15) is 18.3 Å². The van der Waals surface area contributed by atoms with Crippen molar-refractivity contribution in [3.63, 3.8) is 0 Å². The summed E-state index contributed by atoms with van der Waals surface area (Å²) in [5, 5.41) is 16.7. The number of aromatic amines is 1. The molecule has 10 heteroatoms. The first-order valence-corrected chi connectivity index (χ1v) is 11.0. The highest BCUT2D eigenvalue weighted by molar-refractivity contribution is 7.99. The van der Waals surface area contributed by atoms with Gasteiger partial charge in [-0.2, -0.15) is 0 Å². The third kappa shape index (κ3) is 4.97. The fourth-order valence-corrected chi connectivity index (χ4v) is 3.87. The summed E-state index contributed by atoms with van der Waals surface area (Å²) in [6.45, 7) is 2.69. The fraction of sp³-hybridized carbons (Fsp3) is 0.227. The zero-order chi connectivity index (χ0) is 22.3. The Labute approximate surface area is 187 Å². The molecule has 1 N–H and O–H groups in total. The predicted molar refractivity (Wildman–Crippen MR) is 120 cm³/mol. The molecule has 4 rings (SSSR count). The minimum absolute atomic E-state index is 0.0861. The molecule has 0 aliphatic rings. The summed E-state index contributed by atoms with van der Waals surface area (Å²) >= 11 is 1.26. The van der Waals surface area contributed by atoms with Crippen molar-refractivity contribution >= 4 is 28.5 Å². The molecular formula is C22H21N5O4S. The number of H-pyrrole nitrogens is 1. The van der Waals surface area contributed by atoms with Crippen LogP contribution in [0.4, 0.5) is 0 Å². The van der Waals surface area contributed by atoms with Gasteiger partial charge >= 0.3 is 5.97 Å². The molecule has 0 unspecified atom stereocenters. The van der Waals surface area contributed by atoms with Gasteiger partial charge in [-0.15, -0.1) is 15.3 Å². The van der Waals surface area contributed by atoms with Gasteiger partial charge in [0.05, 0.1) is 29.7 Å². The average Bonchev–Trinajstić information content (AvgIpc) is 3.19. The maximum absolute atomic E-state index is 12.0. The maximum Gasteiger partial charge on any atom is 0.316 e. The van der Waals surface area contributed by atoms with Gasteiger partial charge in [0.15, 0.2) is 11.0 Å². The van der Waals surface area contributed by atoms with Gasteiger partial charge in [0, 0.05) is 0 Å². The van der Waals surface area contributed by atoms with E-state index in [4.69, 9.17) is 9.47 Å². The molecule has 164 valence electrons. The number of nitrogens with one attached hydrogen (secondary N) is 1. The highest BCUT2D eigenvalue weighted by Crippen LogP contribution is 2.22. The molecule has 0 spiro atoms. The smallest absolute Gasteiger partial charge is 0.316 e. The van der Waals surface area contributed by atoms with Crippen LogP contribution in [0, 0.1) is 0 Å². The standard InChI is InChI=1S/C22H21N5O4S/c1-2-30-19(28)14-32-22-26-23-18(27(22)12-15-8-4-3-5-9-15)13-31-21-17-11-7-6-10-16(17)20(29)24-25-21/h3-11H,2,12-14H2,1H3,(H,24,29). The van der Waals surface area contributed by atoms with Crippen molar-refractivity contribution in [3.05, 3.63) is 76.3 Å². The van der Waals surface area contributed by atoms with Crippen molar-refractivity contribution in [2.24, 2.45) is 0 Å². The largest absolute Gasteiger partial charge is 0.468 e. The third-order valence-electron chi connectivity index (χ3n) is 4.60. The van der Waals surface area contributed by atoms with E-state index in [1.54, 1.807) is 25.1 Å². The van der Waals surface area contributed by atoms with E-state index >= 15 is 0 Å². The lowest BCUT2D eigenvalue weighted by Gasteiger charge is -2.11. The molecule has 0 atom stereocenters. The van der Waals surface area contributed by atoms with Crippen molar-refractivity contribution in [2.75, 3.05) is 12.4 Å². The predicted octanol–water partition coefficient (Wildman–Crippen LogP) is 2.80. The molecular weight excluding hydrogens is 430 g/mol. The lowest BCUT2D eigenvalue weighted by molar-refractivity contribution is -0.139. The lowest BCUT2D eigenvalue weighted by Crippen LogP contribution is -2.13. The number of esters is 1. The van der Waals surface area contributed by atoms with Gasteiger partial charge in [0.25, 0.3) is 5.56 Å². The van der Waals surface area contributed by atoms with Crippen LogP contribution >= 0.6 is 11.8 Å². The first-order chi connectivity index (χ1) is 15.7. The second-order valence-corrected chi connectivity index (χ2v) is 7.70. The average molecular weight is 452 g/mol. The molecule has 0 aliphatic heterocycles. The molecule has 9 nitrogen and oxygen atoms in total. The van der Waals surface area contributed by atoms with Gasteiger partial charge in [-0.05, 0) is 24.6 Å². The molecule has 0 saturated carbocycles. The van der Waals surface area contributed by atoms with Crippen molar-refractivity contribution in [1.29, 1.82) is 0 Å². The van der Waals surface area contributed by atoms with E-state index in [2.05, 4.69) is 20.4 Å². The monoisotopic (exact) mass is 451 g/mol. The first-order valence-electron chi connectivity index (χ1n) is 10.0. The summed E-state index contributed by atoms with van der Waals surface area (Å²) in [6, 6.07) is 17.0. The van der Waals surface area contributed by atoms with Gasteiger partial charge in [-0.1, -0.05) is 54.2 Å². The van der Waals surface area contributed by atoms with E-state index in [-0.39, 0.29) is 23.9 Å². The van der Waals surface area contributed by atoms with Gasteiger partial charge < -0.3 is 9.47 Å². The topological polar surface area (TPSA) is 112 Å². The van der Waals surface area contributed by atoms with E-state index in [9.17, 15) is 9.59 Å². The molecule has 2 heterocycles. The van der Waals surface area contributed by atoms with Crippen molar-refractivity contribution < 1.29 is 14.3 Å². The summed E-state index contributed by atoms with van der Waals surface area (Å²) in [4.78, 5) is 23.8. The Morgan fingerprint density at radius 1 is 1.06 bits per heavy atom. The summed E-state index contributed by atoms with van der Waals surface area (Å²) in [5.74, 6) is 0.689. The molecule has 0 aliphatic carbocycles. The fourth-order valence-electron chi connectivity index (χ4n) is 3.12. The van der Waals surface area contributed by atoms with E-state index < -0.39 is 0 Å². The molecule has 32 heavy (non-hydrogen) atoms. The normalized spacial score (nSPS) is 10.9. The third-order valence-corrected chi connectivity index (χ3v) is 5.54. The number of ether oxygens (including phenoxy) is 2. The summed E-state index contributed by atoms with van der Waals surface area (Å²) in [6.07, 6.45) is 0. The van der Waals surface area contributed by atoms with Crippen LogP contribution in [-0.4, -0.2) is 43.3 Å². The Hall–Kier alpha value is -3.66. The number of benzene rings is 2. The number of carbonyl (C=O) groups excluding carboxylic acids is 1. The Morgan fingerprint density at radius 3 is 2.59 bits per heavy atom.